The van der Waals surface area contributed by atoms with E-state index < -0.39 is 11.6 Å². The molecule has 2 aromatic carbocycles. The Morgan fingerprint density at radius 1 is 1.00 bits per heavy atom. The normalized spacial score (nSPS) is 22.2. The molecule has 0 unspecified atom stereocenters. The monoisotopic (exact) mass is 440 g/mol. The molecule has 3 nitrogen and oxygen atoms in total. The van der Waals surface area contributed by atoms with E-state index >= 15 is 0 Å². The van der Waals surface area contributed by atoms with Crippen molar-refractivity contribution in [2.45, 2.75) is 64.5 Å². The van der Waals surface area contributed by atoms with E-state index in [1.807, 2.05) is 0 Å². The Hall–Kier alpha value is -2.27. The molecular formula is C27H34F2N2O. The summed E-state index contributed by atoms with van der Waals surface area (Å²) in [4.78, 5) is 17.0. The molecular weight excluding hydrogens is 406 g/mol. The Morgan fingerprint density at radius 3 is 2.38 bits per heavy atom. The molecule has 32 heavy (non-hydrogen) atoms. The van der Waals surface area contributed by atoms with Crippen LogP contribution in [0.25, 0.3) is 0 Å². The van der Waals surface area contributed by atoms with Crippen molar-refractivity contribution < 1.29 is 13.6 Å². The van der Waals surface area contributed by atoms with E-state index in [0.29, 0.717) is 24.4 Å². The lowest BCUT2D eigenvalue weighted by Gasteiger charge is -2.36. The van der Waals surface area contributed by atoms with Crippen LogP contribution in [0.1, 0.15) is 61.6 Å². The zero-order valence-corrected chi connectivity index (χ0v) is 19.2. The van der Waals surface area contributed by atoms with Gasteiger partial charge < -0.3 is 4.90 Å². The van der Waals surface area contributed by atoms with Gasteiger partial charge in [0.05, 0.1) is 0 Å². The smallest absolute Gasteiger partial charge is 0.219 e. The minimum Gasteiger partial charge on any atom is -0.340 e. The summed E-state index contributed by atoms with van der Waals surface area (Å²) >= 11 is 0. The number of hydrogen-bond donors (Lipinski definition) is 0. The fourth-order valence-corrected chi connectivity index (χ4v) is 5.54. The van der Waals surface area contributed by atoms with E-state index in [4.69, 9.17) is 0 Å². The SMILES string of the molecule is CC(=O)N(C[C@H]1CN(Cc2ccc(F)c(F)c2)C[C@@H]1c1ccc(C)cc1)C1CCCCC1. The number of rotatable bonds is 6. The van der Waals surface area contributed by atoms with Gasteiger partial charge in [-0.3, -0.25) is 9.69 Å². The maximum atomic E-state index is 13.7. The highest BCUT2D eigenvalue weighted by atomic mass is 19.2. The summed E-state index contributed by atoms with van der Waals surface area (Å²) in [6.45, 7) is 6.82. The van der Waals surface area contributed by atoms with Crippen molar-refractivity contribution in [2.75, 3.05) is 19.6 Å². The predicted octanol–water partition coefficient (Wildman–Crippen LogP) is 5.67. The van der Waals surface area contributed by atoms with E-state index in [0.717, 1.165) is 38.0 Å². The van der Waals surface area contributed by atoms with Crippen LogP contribution in [-0.4, -0.2) is 41.4 Å². The predicted molar refractivity (Wildman–Crippen MR) is 123 cm³/mol. The fraction of sp³-hybridized carbons (Fsp3) is 0.519. The summed E-state index contributed by atoms with van der Waals surface area (Å²) in [5, 5.41) is 0. The van der Waals surface area contributed by atoms with Gasteiger partial charge in [0, 0.05) is 45.1 Å². The molecule has 4 rings (SSSR count). The third-order valence-corrected chi connectivity index (χ3v) is 7.26. The summed E-state index contributed by atoms with van der Waals surface area (Å²) in [5.74, 6) is -0.817. The van der Waals surface area contributed by atoms with Gasteiger partial charge in [0.15, 0.2) is 11.6 Å². The van der Waals surface area contributed by atoms with E-state index in [9.17, 15) is 13.6 Å². The maximum absolute atomic E-state index is 13.7. The van der Waals surface area contributed by atoms with Crippen molar-refractivity contribution in [2.24, 2.45) is 5.92 Å². The van der Waals surface area contributed by atoms with Crippen LogP contribution >= 0.6 is 0 Å². The van der Waals surface area contributed by atoms with Crippen LogP contribution in [0.15, 0.2) is 42.5 Å². The van der Waals surface area contributed by atoms with Gasteiger partial charge in [0.1, 0.15) is 0 Å². The lowest BCUT2D eigenvalue weighted by molar-refractivity contribution is -0.132. The van der Waals surface area contributed by atoms with Gasteiger partial charge in [-0.2, -0.15) is 0 Å². The molecule has 1 saturated carbocycles. The zero-order valence-electron chi connectivity index (χ0n) is 19.2. The number of hydrogen-bond acceptors (Lipinski definition) is 2. The Balaban J connectivity index is 1.54. The Bertz CT molecular complexity index is 924. The van der Waals surface area contributed by atoms with Crippen molar-refractivity contribution in [1.29, 1.82) is 0 Å². The molecule has 2 aromatic rings. The first-order chi connectivity index (χ1) is 15.4. The van der Waals surface area contributed by atoms with Crippen molar-refractivity contribution >= 4 is 5.91 Å². The van der Waals surface area contributed by atoms with Crippen LogP contribution in [0.3, 0.4) is 0 Å². The Morgan fingerprint density at radius 2 is 1.72 bits per heavy atom. The third-order valence-electron chi connectivity index (χ3n) is 7.26. The first kappa shape index (κ1) is 22.9. The molecule has 1 aliphatic heterocycles. The second-order valence-corrected chi connectivity index (χ2v) is 9.68. The number of aryl methyl sites for hydroxylation is 1. The van der Waals surface area contributed by atoms with E-state index in [1.54, 1.807) is 13.0 Å². The van der Waals surface area contributed by atoms with E-state index in [1.165, 1.54) is 42.5 Å². The van der Waals surface area contributed by atoms with Gasteiger partial charge in [-0.15, -0.1) is 0 Å². The average molecular weight is 441 g/mol. The molecule has 0 radical (unpaired) electrons. The van der Waals surface area contributed by atoms with E-state index in [-0.39, 0.29) is 5.91 Å². The van der Waals surface area contributed by atoms with Crippen molar-refractivity contribution in [1.82, 2.24) is 9.80 Å². The third kappa shape index (κ3) is 5.37. The lowest BCUT2D eigenvalue weighted by Crippen LogP contribution is -2.44. The van der Waals surface area contributed by atoms with Gasteiger partial charge in [-0.05, 0) is 48.9 Å². The molecule has 1 saturated heterocycles. The molecule has 2 atom stereocenters. The highest BCUT2D eigenvalue weighted by Gasteiger charge is 2.37. The first-order valence-electron chi connectivity index (χ1n) is 11.9. The minimum absolute atomic E-state index is 0.165. The van der Waals surface area contributed by atoms with Gasteiger partial charge in [0.2, 0.25) is 5.91 Å². The van der Waals surface area contributed by atoms with Gasteiger partial charge >= 0.3 is 0 Å². The standard InChI is InChI=1S/C27H34F2N2O/c1-19-8-11-22(12-9-19)25-18-30(15-21-10-13-26(28)27(29)14-21)16-23(25)17-31(20(2)32)24-6-4-3-5-7-24/h8-14,23-25H,3-7,15-18H2,1-2H3/t23-,25-/m1/s1. The second kappa shape index (κ2) is 10.1. The highest BCUT2D eigenvalue weighted by molar-refractivity contribution is 5.73. The number of likely N-dealkylation sites (tertiary alicyclic amines) is 1. The maximum Gasteiger partial charge on any atom is 0.219 e. The van der Waals surface area contributed by atoms with Gasteiger partial charge in [-0.25, -0.2) is 8.78 Å². The van der Waals surface area contributed by atoms with Crippen molar-refractivity contribution in [3.8, 4) is 0 Å². The van der Waals surface area contributed by atoms with Crippen LogP contribution < -0.4 is 0 Å². The molecule has 172 valence electrons. The second-order valence-electron chi connectivity index (χ2n) is 9.68. The topological polar surface area (TPSA) is 23.6 Å². The molecule has 2 aliphatic rings. The van der Waals surface area contributed by atoms with Gasteiger partial charge in [-0.1, -0.05) is 55.2 Å². The summed E-state index contributed by atoms with van der Waals surface area (Å²) in [5.41, 5.74) is 3.30. The van der Waals surface area contributed by atoms with Crippen LogP contribution in [0.2, 0.25) is 0 Å². The minimum atomic E-state index is -0.810. The summed E-state index contributed by atoms with van der Waals surface area (Å²) in [6, 6.07) is 13.2. The first-order valence-corrected chi connectivity index (χ1v) is 11.9. The summed E-state index contributed by atoms with van der Waals surface area (Å²) in [7, 11) is 0. The van der Waals surface area contributed by atoms with Crippen molar-refractivity contribution in [3.63, 3.8) is 0 Å². The molecule has 1 heterocycles. The largest absolute Gasteiger partial charge is 0.340 e. The number of nitrogens with zero attached hydrogens (tertiary/aromatic N) is 2. The molecule has 0 N–H and O–H groups in total. The fourth-order valence-electron chi connectivity index (χ4n) is 5.54. The lowest BCUT2D eigenvalue weighted by atomic mass is 9.87. The number of amides is 1. The van der Waals surface area contributed by atoms with Crippen LogP contribution in [0, 0.1) is 24.5 Å². The number of carbonyl (C=O) groups excluding carboxylic acids is 1. The Labute approximate surface area is 190 Å². The quantitative estimate of drug-likeness (QED) is 0.578. The summed E-state index contributed by atoms with van der Waals surface area (Å²) < 4.78 is 27.1. The molecule has 0 bridgehead atoms. The number of benzene rings is 2. The molecule has 0 spiro atoms. The van der Waals surface area contributed by atoms with Crippen LogP contribution in [0.5, 0.6) is 0 Å². The average Bonchev–Trinajstić information content (AvgIpc) is 3.17. The highest BCUT2D eigenvalue weighted by Crippen LogP contribution is 2.36. The molecule has 5 heteroatoms. The number of halogens is 2. The molecule has 1 aliphatic carbocycles. The number of carbonyl (C=O) groups is 1. The molecule has 0 aromatic heterocycles. The van der Waals surface area contributed by atoms with Crippen LogP contribution in [0.4, 0.5) is 8.78 Å². The zero-order chi connectivity index (χ0) is 22.7. The molecule has 2 fully saturated rings. The van der Waals surface area contributed by atoms with Crippen LogP contribution in [-0.2, 0) is 11.3 Å². The summed E-state index contributed by atoms with van der Waals surface area (Å²) in [6.07, 6.45) is 5.85. The Kier molecular flexibility index (Phi) is 7.24. The van der Waals surface area contributed by atoms with Crippen molar-refractivity contribution in [3.05, 3.63) is 70.8 Å². The van der Waals surface area contributed by atoms with Gasteiger partial charge in [0.25, 0.3) is 0 Å². The molecule has 1 amide bonds. The van der Waals surface area contributed by atoms with E-state index in [2.05, 4.69) is 41.0 Å².